The summed E-state index contributed by atoms with van der Waals surface area (Å²) in [6.45, 7) is 4.21. The predicted octanol–water partition coefficient (Wildman–Crippen LogP) is 1.90. The van der Waals surface area contributed by atoms with Gasteiger partial charge in [0.05, 0.1) is 5.02 Å². The van der Waals surface area contributed by atoms with E-state index in [9.17, 15) is 4.79 Å². The summed E-state index contributed by atoms with van der Waals surface area (Å²) in [6, 6.07) is 1.65. The van der Waals surface area contributed by atoms with Crippen LogP contribution in [-0.4, -0.2) is 35.4 Å². The fraction of sp³-hybridized carbons (Fsp3) is 0.545. The van der Waals surface area contributed by atoms with Crippen molar-refractivity contribution >= 4 is 29.9 Å². The Kier molecular flexibility index (Phi) is 4.47. The van der Waals surface area contributed by atoms with Crippen LogP contribution in [0.15, 0.2) is 12.3 Å². The monoisotopic (exact) mass is 277 g/mol. The van der Waals surface area contributed by atoms with Crippen molar-refractivity contribution < 1.29 is 4.79 Å². The normalized spacial score (nSPS) is 23.6. The summed E-state index contributed by atoms with van der Waals surface area (Å²) >= 11 is 5.77. The predicted molar refractivity (Wildman–Crippen MR) is 70.7 cm³/mol. The molecular formula is C11H17Cl2N3O. The van der Waals surface area contributed by atoms with E-state index in [-0.39, 0.29) is 23.7 Å². The molecule has 0 spiro atoms. The molecule has 4 nitrogen and oxygen atoms in total. The Bertz CT molecular complexity index is 407. The minimum atomic E-state index is 0. The molecular weight excluding hydrogens is 261 g/mol. The number of carbonyl (C=O) groups excluding carboxylic acids is 1. The lowest BCUT2D eigenvalue weighted by atomic mass is 9.90. The zero-order valence-corrected chi connectivity index (χ0v) is 11.3. The van der Waals surface area contributed by atoms with E-state index in [1.165, 1.54) is 0 Å². The fourth-order valence-electron chi connectivity index (χ4n) is 2.03. The van der Waals surface area contributed by atoms with Crippen LogP contribution in [0.1, 0.15) is 23.8 Å². The third-order valence-corrected chi connectivity index (χ3v) is 3.43. The molecule has 0 aromatic carbocycles. The second-order valence-electron chi connectivity index (χ2n) is 4.72. The molecule has 1 amide bonds. The summed E-state index contributed by atoms with van der Waals surface area (Å²) in [4.78, 5) is 16.8. The van der Waals surface area contributed by atoms with Gasteiger partial charge >= 0.3 is 0 Å². The highest BCUT2D eigenvalue weighted by atomic mass is 35.5. The number of aromatic amines is 1. The first-order valence-corrected chi connectivity index (χ1v) is 5.75. The van der Waals surface area contributed by atoms with Crippen LogP contribution in [-0.2, 0) is 0 Å². The lowest BCUT2D eigenvalue weighted by molar-refractivity contribution is 0.0772. The first kappa shape index (κ1) is 14.4. The SMILES string of the molecule is CC1(CN)CCN(C(=O)c2cc(Cl)c[nH]2)C1.Cl. The quantitative estimate of drug-likeness (QED) is 0.868. The second-order valence-corrected chi connectivity index (χ2v) is 5.16. The van der Waals surface area contributed by atoms with Crippen molar-refractivity contribution in [2.75, 3.05) is 19.6 Å². The molecule has 6 heteroatoms. The molecule has 0 aliphatic carbocycles. The Morgan fingerprint density at radius 3 is 2.88 bits per heavy atom. The lowest BCUT2D eigenvalue weighted by Gasteiger charge is -2.22. The summed E-state index contributed by atoms with van der Waals surface area (Å²) in [6.07, 6.45) is 2.58. The van der Waals surface area contributed by atoms with Crippen LogP contribution in [0.2, 0.25) is 5.02 Å². The van der Waals surface area contributed by atoms with Crippen molar-refractivity contribution in [1.82, 2.24) is 9.88 Å². The topological polar surface area (TPSA) is 62.1 Å². The fourth-order valence-corrected chi connectivity index (χ4v) is 2.19. The number of nitrogens with zero attached hydrogens (tertiary/aromatic N) is 1. The van der Waals surface area contributed by atoms with Crippen molar-refractivity contribution in [3.05, 3.63) is 23.0 Å². The Hall–Kier alpha value is -0.710. The molecule has 3 N–H and O–H groups in total. The van der Waals surface area contributed by atoms with Crippen molar-refractivity contribution in [3.63, 3.8) is 0 Å². The molecule has 1 aliphatic heterocycles. The summed E-state index contributed by atoms with van der Waals surface area (Å²) in [5.74, 6) is 0.00377. The maximum atomic E-state index is 12.1. The van der Waals surface area contributed by atoms with Crippen LogP contribution >= 0.6 is 24.0 Å². The van der Waals surface area contributed by atoms with Gasteiger partial charge in [0.1, 0.15) is 5.69 Å². The van der Waals surface area contributed by atoms with Gasteiger partial charge < -0.3 is 15.6 Å². The van der Waals surface area contributed by atoms with Crippen molar-refractivity contribution in [2.45, 2.75) is 13.3 Å². The van der Waals surface area contributed by atoms with E-state index in [1.54, 1.807) is 12.3 Å². The number of hydrogen-bond donors (Lipinski definition) is 2. The van der Waals surface area contributed by atoms with Gasteiger partial charge in [-0.15, -0.1) is 12.4 Å². The van der Waals surface area contributed by atoms with Crippen molar-refractivity contribution in [2.24, 2.45) is 11.1 Å². The average molecular weight is 278 g/mol. The molecule has 2 rings (SSSR count). The van der Waals surface area contributed by atoms with E-state index in [4.69, 9.17) is 17.3 Å². The highest BCUT2D eigenvalue weighted by Crippen LogP contribution is 2.29. The summed E-state index contributed by atoms with van der Waals surface area (Å²) in [7, 11) is 0. The highest BCUT2D eigenvalue weighted by molar-refractivity contribution is 6.30. The van der Waals surface area contributed by atoms with Gasteiger partial charge in [0.2, 0.25) is 0 Å². The molecule has 1 aliphatic rings. The molecule has 0 saturated carbocycles. The van der Waals surface area contributed by atoms with Crippen molar-refractivity contribution in [1.29, 1.82) is 0 Å². The molecule has 1 saturated heterocycles. The van der Waals surface area contributed by atoms with E-state index in [1.807, 2.05) is 4.90 Å². The third kappa shape index (κ3) is 2.94. The minimum Gasteiger partial charge on any atom is -0.356 e. The molecule has 0 bridgehead atoms. The number of likely N-dealkylation sites (tertiary alicyclic amines) is 1. The Morgan fingerprint density at radius 2 is 2.41 bits per heavy atom. The molecule has 17 heavy (non-hydrogen) atoms. The Balaban J connectivity index is 0.00000144. The highest BCUT2D eigenvalue weighted by Gasteiger charge is 2.35. The number of H-pyrrole nitrogens is 1. The van der Waals surface area contributed by atoms with Gasteiger partial charge in [0.15, 0.2) is 0 Å². The molecule has 1 atom stereocenters. The number of nitrogens with one attached hydrogen (secondary N) is 1. The van der Waals surface area contributed by atoms with Gasteiger partial charge in [0.25, 0.3) is 5.91 Å². The number of hydrogen-bond acceptors (Lipinski definition) is 2. The van der Waals surface area contributed by atoms with Gasteiger partial charge in [0, 0.05) is 19.3 Å². The van der Waals surface area contributed by atoms with Crippen LogP contribution in [0.5, 0.6) is 0 Å². The molecule has 1 unspecified atom stereocenters. The van der Waals surface area contributed by atoms with Crippen LogP contribution in [0.4, 0.5) is 0 Å². The zero-order valence-electron chi connectivity index (χ0n) is 9.70. The standard InChI is InChI=1S/C11H16ClN3O.ClH/c1-11(6-13)2-3-15(7-11)10(16)9-4-8(12)5-14-9;/h4-5,14H,2-3,6-7,13H2,1H3;1H. The number of aromatic nitrogens is 1. The van der Waals surface area contributed by atoms with Crippen LogP contribution in [0.25, 0.3) is 0 Å². The number of rotatable bonds is 2. The Morgan fingerprint density at radius 1 is 1.71 bits per heavy atom. The molecule has 96 valence electrons. The van der Waals surface area contributed by atoms with E-state index >= 15 is 0 Å². The first-order valence-electron chi connectivity index (χ1n) is 5.37. The maximum Gasteiger partial charge on any atom is 0.270 e. The van der Waals surface area contributed by atoms with Crippen molar-refractivity contribution in [3.8, 4) is 0 Å². The van der Waals surface area contributed by atoms with Crippen LogP contribution < -0.4 is 5.73 Å². The van der Waals surface area contributed by atoms with Gasteiger partial charge in [-0.05, 0) is 24.4 Å². The summed E-state index contributed by atoms with van der Waals surface area (Å²) in [5, 5.41) is 0.559. The van der Waals surface area contributed by atoms with Gasteiger partial charge in [-0.2, -0.15) is 0 Å². The van der Waals surface area contributed by atoms with Crippen LogP contribution in [0.3, 0.4) is 0 Å². The Labute approximate surface area is 112 Å². The van der Waals surface area contributed by atoms with Gasteiger partial charge in [-0.1, -0.05) is 18.5 Å². The van der Waals surface area contributed by atoms with E-state index in [2.05, 4.69) is 11.9 Å². The first-order chi connectivity index (χ1) is 7.54. The lowest BCUT2D eigenvalue weighted by Crippen LogP contribution is -2.34. The molecule has 1 aromatic heterocycles. The summed E-state index contributed by atoms with van der Waals surface area (Å²) in [5.41, 5.74) is 6.32. The van der Waals surface area contributed by atoms with E-state index < -0.39 is 0 Å². The van der Waals surface area contributed by atoms with E-state index in [0.29, 0.717) is 17.3 Å². The number of carbonyl (C=O) groups is 1. The van der Waals surface area contributed by atoms with E-state index in [0.717, 1.165) is 19.5 Å². The third-order valence-electron chi connectivity index (χ3n) is 3.22. The average Bonchev–Trinajstić information content (AvgIpc) is 2.85. The minimum absolute atomic E-state index is 0. The number of nitrogens with two attached hydrogens (primary N) is 1. The molecule has 1 fully saturated rings. The second kappa shape index (κ2) is 5.29. The van der Waals surface area contributed by atoms with Crippen LogP contribution in [0, 0.1) is 5.41 Å². The number of amides is 1. The van der Waals surface area contributed by atoms with Gasteiger partial charge in [-0.3, -0.25) is 4.79 Å². The number of halogens is 2. The smallest absolute Gasteiger partial charge is 0.270 e. The largest absolute Gasteiger partial charge is 0.356 e. The summed E-state index contributed by atoms with van der Waals surface area (Å²) < 4.78 is 0. The molecule has 2 heterocycles. The molecule has 1 aromatic rings. The van der Waals surface area contributed by atoms with Gasteiger partial charge in [-0.25, -0.2) is 0 Å². The zero-order chi connectivity index (χ0) is 11.8. The molecule has 0 radical (unpaired) electrons. The maximum absolute atomic E-state index is 12.1.